The SMILES string of the molecule is CCOC(=O)N1CCN(C(C)C(=O)Nc2cc(Cl)c(Cl)cc2Cl)CC1. The summed E-state index contributed by atoms with van der Waals surface area (Å²) in [5, 5.41) is 3.73. The first-order valence-electron chi connectivity index (χ1n) is 7.94. The summed E-state index contributed by atoms with van der Waals surface area (Å²) in [6.45, 7) is 6.14. The van der Waals surface area contributed by atoms with E-state index in [-0.39, 0.29) is 18.0 Å². The van der Waals surface area contributed by atoms with E-state index in [1.807, 2.05) is 4.90 Å². The number of hydrogen-bond acceptors (Lipinski definition) is 4. The molecule has 25 heavy (non-hydrogen) atoms. The molecule has 1 atom stereocenters. The van der Waals surface area contributed by atoms with Crippen molar-refractivity contribution in [3.05, 3.63) is 27.2 Å². The maximum atomic E-state index is 12.5. The topological polar surface area (TPSA) is 61.9 Å². The van der Waals surface area contributed by atoms with Gasteiger partial charge in [0.2, 0.25) is 5.91 Å². The van der Waals surface area contributed by atoms with Crippen molar-refractivity contribution in [2.45, 2.75) is 19.9 Å². The van der Waals surface area contributed by atoms with Crippen LogP contribution >= 0.6 is 34.8 Å². The fourth-order valence-electron chi connectivity index (χ4n) is 2.53. The first-order chi connectivity index (χ1) is 11.8. The molecule has 2 rings (SSSR count). The van der Waals surface area contributed by atoms with Gasteiger partial charge in [0, 0.05) is 26.2 Å². The normalized spacial score (nSPS) is 16.4. The van der Waals surface area contributed by atoms with Crippen LogP contribution in [0, 0.1) is 0 Å². The predicted molar refractivity (Wildman–Crippen MR) is 99.7 cm³/mol. The second-order valence-corrected chi connectivity index (χ2v) is 6.85. The van der Waals surface area contributed by atoms with Crippen molar-refractivity contribution in [2.75, 3.05) is 38.1 Å². The van der Waals surface area contributed by atoms with E-state index in [0.717, 1.165) is 0 Å². The highest BCUT2D eigenvalue weighted by Gasteiger charge is 2.28. The molecule has 138 valence electrons. The van der Waals surface area contributed by atoms with E-state index in [0.29, 0.717) is 53.5 Å². The van der Waals surface area contributed by atoms with Crippen LogP contribution in [0.4, 0.5) is 10.5 Å². The number of nitrogens with one attached hydrogen (secondary N) is 1. The summed E-state index contributed by atoms with van der Waals surface area (Å²) in [4.78, 5) is 27.8. The van der Waals surface area contributed by atoms with Crippen molar-refractivity contribution in [3.8, 4) is 0 Å². The Morgan fingerprint density at radius 3 is 2.32 bits per heavy atom. The summed E-state index contributed by atoms with van der Waals surface area (Å²) >= 11 is 17.9. The van der Waals surface area contributed by atoms with Crippen molar-refractivity contribution in [1.82, 2.24) is 9.80 Å². The summed E-state index contributed by atoms with van der Waals surface area (Å²) in [5.41, 5.74) is 0.415. The molecule has 1 heterocycles. The third-order valence-corrected chi connectivity index (χ3v) is 5.07. The monoisotopic (exact) mass is 407 g/mol. The van der Waals surface area contributed by atoms with Crippen molar-refractivity contribution in [2.24, 2.45) is 0 Å². The zero-order chi connectivity index (χ0) is 18.6. The van der Waals surface area contributed by atoms with Gasteiger partial charge in [-0.25, -0.2) is 4.79 Å². The first kappa shape index (κ1) is 20.1. The highest BCUT2D eigenvalue weighted by atomic mass is 35.5. The fourth-order valence-corrected chi connectivity index (χ4v) is 3.12. The summed E-state index contributed by atoms with van der Waals surface area (Å²) < 4.78 is 4.99. The molecule has 9 heteroatoms. The Hall–Kier alpha value is -1.21. The lowest BCUT2D eigenvalue weighted by Crippen LogP contribution is -2.54. The van der Waals surface area contributed by atoms with Gasteiger partial charge >= 0.3 is 6.09 Å². The van der Waals surface area contributed by atoms with Gasteiger partial charge in [0.15, 0.2) is 0 Å². The summed E-state index contributed by atoms with van der Waals surface area (Å²) in [6.07, 6.45) is -0.318. The first-order valence-corrected chi connectivity index (χ1v) is 9.08. The Kier molecular flexibility index (Phi) is 7.19. The molecule has 1 aliphatic rings. The van der Waals surface area contributed by atoms with Crippen LogP contribution in [-0.4, -0.2) is 60.6 Å². The van der Waals surface area contributed by atoms with Crippen LogP contribution in [0.25, 0.3) is 0 Å². The molecule has 0 spiro atoms. The average Bonchev–Trinajstić information content (AvgIpc) is 2.59. The van der Waals surface area contributed by atoms with Crippen LogP contribution in [-0.2, 0) is 9.53 Å². The molecule has 1 aromatic carbocycles. The fraction of sp³-hybridized carbons (Fsp3) is 0.500. The molecule has 0 bridgehead atoms. The van der Waals surface area contributed by atoms with Crippen LogP contribution < -0.4 is 5.32 Å². The zero-order valence-corrected chi connectivity index (χ0v) is 16.3. The lowest BCUT2D eigenvalue weighted by Gasteiger charge is -2.36. The minimum Gasteiger partial charge on any atom is -0.450 e. The molecule has 1 fully saturated rings. The van der Waals surface area contributed by atoms with Gasteiger partial charge in [-0.3, -0.25) is 9.69 Å². The number of hydrogen-bond donors (Lipinski definition) is 1. The number of carbonyl (C=O) groups is 2. The van der Waals surface area contributed by atoms with E-state index in [9.17, 15) is 9.59 Å². The molecule has 1 N–H and O–H groups in total. The highest BCUT2D eigenvalue weighted by Crippen LogP contribution is 2.32. The van der Waals surface area contributed by atoms with E-state index < -0.39 is 0 Å². The van der Waals surface area contributed by atoms with E-state index in [4.69, 9.17) is 39.5 Å². The van der Waals surface area contributed by atoms with Crippen molar-refractivity contribution >= 4 is 52.5 Å². The number of anilines is 1. The van der Waals surface area contributed by atoms with Crippen LogP contribution in [0.1, 0.15) is 13.8 Å². The molecule has 1 unspecified atom stereocenters. The Morgan fingerprint density at radius 2 is 1.72 bits per heavy atom. The van der Waals surface area contributed by atoms with E-state index >= 15 is 0 Å². The molecule has 0 radical (unpaired) electrons. The Balaban J connectivity index is 1.93. The second kappa shape index (κ2) is 8.94. The lowest BCUT2D eigenvalue weighted by molar-refractivity contribution is -0.121. The molecule has 1 aromatic rings. The Bertz CT molecular complexity index is 649. The van der Waals surface area contributed by atoms with Crippen LogP contribution in [0.15, 0.2) is 12.1 Å². The van der Waals surface area contributed by atoms with E-state index in [1.165, 1.54) is 12.1 Å². The van der Waals surface area contributed by atoms with Crippen molar-refractivity contribution in [3.63, 3.8) is 0 Å². The third kappa shape index (κ3) is 5.14. The quantitative estimate of drug-likeness (QED) is 0.771. The molecule has 0 saturated carbocycles. The average molecular weight is 409 g/mol. The van der Waals surface area contributed by atoms with Crippen LogP contribution in [0.2, 0.25) is 15.1 Å². The van der Waals surface area contributed by atoms with Gasteiger partial charge < -0.3 is 15.0 Å². The maximum Gasteiger partial charge on any atom is 0.409 e. The predicted octanol–water partition coefficient (Wildman–Crippen LogP) is 3.75. The van der Waals surface area contributed by atoms with E-state index in [2.05, 4.69) is 5.32 Å². The van der Waals surface area contributed by atoms with Gasteiger partial charge in [-0.1, -0.05) is 34.8 Å². The number of benzene rings is 1. The number of carbonyl (C=O) groups excluding carboxylic acids is 2. The molecule has 0 aromatic heterocycles. The molecular formula is C16H20Cl3N3O3. The summed E-state index contributed by atoms with van der Waals surface area (Å²) in [7, 11) is 0. The van der Waals surface area contributed by atoms with Crippen molar-refractivity contribution in [1.29, 1.82) is 0 Å². The number of halogens is 3. The van der Waals surface area contributed by atoms with Crippen LogP contribution in [0.5, 0.6) is 0 Å². The van der Waals surface area contributed by atoms with Gasteiger partial charge in [0.1, 0.15) is 0 Å². The largest absolute Gasteiger partial charge is 0.450 e. The van der Waals surface area contributed by atoms with Crippen LogP contribution in [0.3, 0.4) is 0 Å². The molecular weight excluding hydrogens is 389 g/mol. The number of amides is 2. The molecule has 1 aliphatic heterocycles. The zero-order valence-electron chi connectivity index (χ0n) is 14.0. The second-order valence-electron chi connectivity index (χ2n) is 5.63. The number of ether oxygens (including phenoxy) is 1. The van der Waals surface area contributed by atoms with Gasteiger partial charge in [0.05, 0.1) is 33.4 Å². The summed E-state index contributed by atoms with van der Waals surface area (Å²) in [6, 6.07) is 2.63. The van der Waals surface area contributed by atoms with Gasteiger partial charge in [-0.15, -0.1) is 0 Å². The number of nitrogens with zero attached hydrogens (tertiary/aromatic N) is 2. The Morgan fingerprint density at radius 1 is 1.12 bits per heavy atom. The minimum atomic E-state index is -0.380. The molecule has 2 amide bonds. The van der Waals surface area contributed by atoms with Gasteiger partial charge in [-0.2, -0.15) is 0 Å². The van der Waals surface area contributed by atoms with E-state index in [1.54, 1.807) is 18.7 Å². The smallest absolute Gasteiger partial charge is 0.409 e. The minimum absolute atomic E-state index is 0.204. The third-order valence-electron chi connectivity index (χ3n) is 4.04. The Labute approximate surface area is 161 Å². The lowest BCUT2D eigenvalue weighted by atomic mass is 10.2. The standard InChI is InChI=1S/C16H20Cl3N3O3/c1-3-25-16(24)22-6-4-21(5-7-22)10(2)15(23)20-14-9-12(18)11(17)8-13(14)19/h8-10H,3-7H2,1-2H3,(H,20,23). The molecule has 0 aliphatic carbocycles. The maximum absolute atomic E-state index is 12.5. The molecule has 6 nitrogen and oxygen atoms in total. The summed E-state index contributed by atoms with van der Waals surface area (Å²) in [5.74, 6) is -0.204. The van der Waals surface area contributed by atoms with Gasteiger partial charge in [0.25, 0.3) is 0 Å². The van der Waals surface area contributed by atoms with Crippen molar-refractivity contribution < 1.29 is 14.3 Å². The number of piperazine rings is 1. The highest BCUT2D eigenvalue weighted by molar-refractivity contribution is 6.44. The number of rotatable bonds is 4. The van der Waals surface area contributed by atoms with Gasteiger partial charge in [-0.05, 0) is 26.0 Å². The molecule has 1 saturated heterocycles.